The molecule has 0 bridgehead atoms. The monoisotopic (exact) mass is 297 g/mol. The maximum Gasteiger partial charge on any atom is 0.239 e. The van der Waals surface area contributed by atoms with Gasteiger partial charge in [-0.3, -0.25) is 9.59 Å². The van der Waals surface area contributed by atoms with E-state index in [0.29, 0.717) is 0 Å². The van der Waals surface area contributed by atoms with Gasteiger partial charge in [0.15, 0.2) is 0 Å². The van der Waals surface area contributed by atoms with Crippen LogP contribution in [0.1, 0.15) is 26.3 Å². The van der Waals surface area contributed by atoms with E-state index in [2.05, 4.69) is 16.0 Å². The van der Waals surface area contributed by atoms with Crippen molar-refractivity contribution in [2.45, 2.75) is 39.3 Å². The minimum Gasteiger partial charge on any atom is -0.352 e. The van der Waals surface area contributed by atoms with Crippen molar-refractivity contribution in [3.8, 4) is 0 Å². The maximum absolute atomic E-state index is 11.7. The largest absolute Gasteiger partial charge is 0.352 e. The third kappa shape index (κ3) is 5.71. The summed E-state index contributed by atoms with van der Waals surface area (Å²) in [6.45, 7) is 5.64. The quantitative estimate of drug-likeness (QED) is 0.699. The normalized spacial score (nSPS) is 13.8. The zero-order valence-corrected chi connectivity index (χ0v) is 13.0. The molecule has 0 aromatic carbocycles. The predicted molar refractivity (Wildman–Crippen MR) is 81.5 cm³/mol. The second-order valence-electron chi connectivity index (χ2n) is 5.29. The Kier molecular flexibility index (Phi) is 6.67. The van der Waals surface area contributed by atoms with Crippen molar-refractivity contribution in [1.29, 1.82) is 0 Å². The molecule has 20 heavy (non-hydrogen) atoms. The Labute approximate surface area is 123 Å². The predicted octanol–water partition coefficient (Wildman–Crippen LogP) is 0.895. The molecule has 1 aromatic heterocycles. The van der Waals surface area contributed by atoms with Crippen LogP contribution in [0.15, 0.2) is 16.8 Å². The number of nitrogens with two attached hydrogens (primary N) is 1. The molecule has 1 unspecified atom stereocenters. The standard InChI is InChI=1S/C14H23N3O2S/c1-9(2)13(15)14(19)16-7-12(18)17-10(3)6-11-4-5-20-8-11/h4-5,8-10,13H,6-7,15H2,1-3H3,(H,16,19)(H,17,18)/t10?,13-/m0/s1. The van der Waals surface area contributed by atoms with E-state index in [4.69, 9.17) is 5.73 Å². The number of thiophene rings is 1. The van der Waals surface area contributed by atoms with E-state index >= 15 is 0 Å². The van der Waals surface area contributed by atoms with Gasteiger partial charge < -0.3 is 16.4 Å². The molecule has 1 heterocycles. The zero-order valence-electron chi connectivity index (χ0n) is 12.2. The molecular formula is C14H23N3O2S. The summed E-state index contributed by atoms with van der Waals surface area (Å²) in [6.07, 6.45) is 0.786. The average Bonchev–Trinajstić information content (AvgIpc) is 2.87. The molecule has 1 aromatic rings. The van der Waals surface area contributed by atoms with E-state index in [-0.39, 0.29) is 30.3 Å². The lowest BCUT2D eigenvalue weighted by Crippen LogP contribution is -2.48. The van der Waals surface area contributed by atoms with Crippen molar-refractivity contribution >= 4 is 23.2 Å². The molecule has 0 aliphatic rings. The Bertz CT molecular complexity index is 432. The van der Waals surface area contributed by atoms with Gasteiger partial charge in [-0.2, -0.15) is 11.3 Å². The summed E-state index contributed by atoms with van der Waals surface area (Å²) in [6, 6.07) is 1.50. The molecule has 0 radical (unpaired) electrons. The minimum atomic E-state index is -0.578. The molecule has 0 saturated heterocycles. The molecular weight excluding hydrogens is 274 g/mol. The first-order valence-corrected chi connectivity index (χ1v) is 7.68. The first kappa shape index (κ1) is 16.7. The van der Waals surface area contributed by atoms with Gasteiger partial charge in [0.1, 0.15) is 0 Å². The van der Waals surface area contributed by atoms with Gasteiger partial charge in [-0.05, 0) is 41.7 Å². The van der Waals surface area contributed by atoms with Crippen molar-refractivity contribution < 1.29 is 9.59 Å². The Morgan fingerprint density at radius 2 is 2.05 bits per heavy atom. The van der Waals surface area contributed by atoms with Crippen LogP contribution in [0.2, 0.25) is 0 Å². The van der Waals surface area contributed by atoms with Gasteiger partial charge in [-0.25, -0.2) is 0 Å². The Morgan fingerprint density at radius 1 is 1.35 bits per heavy atom. The van der Waals surface area contributed by atoms with Crippen LogP contribution >= 0.6 is 11.3 Å². The van der Waals surface area contributed by atoms with E-state index in [1.165, 1.54) is 5.56 Å². The van der Waals surface area contributed by atoms with Crippen molar-refractivity contribution in [3.63, 3.8) is 0 Å². The maximum atomic E-state index is 11.7. The topological polar surface area (TPSA) is 84.2 Å². The van der Waals surface area contributed by atoms with Gasteiger partial charge in [0.05, 0.1) is 12.6 Å². The van der Waals surface area contributed by atoms with Crippen LogP contribution in [0.3, 0.4) is 0 Å². The molecule has 1 rings (SSSR count). The summed E-state index contributed by atoms with van der Waals surface area (Å²) >= 11 is 1.64. The van der Waals surface area contributed by atoms with Crippen LogP contribution < -0.4 is 16.4 Å². The van der Waals surface area contributed by atoms with Crippen LogP contribution in [0.4, 0.5) is 0 Å². The van der Waals surface area contributed by atoms with Crippen LogP contribution in [-0.4, -0.2) is 30.4 Å². The fraction of sp³-hybridized carbons (Fsp3) is 0.571. The fourth-order valence-electron chi connectivity index (χ4n) is 1.73. The Balaban J connectivity index is 2.28. The molecule has 0 aliphatic heterocycles. The summed E-state index contributed by atoms with van der Waals surface area (Å²) in [5, 5.41) is 9.48. The minimum absolute atomic E-state index is 0.0345. The smallest absolute Gasteiger partial charge is 0.239 e. The van der Waals surface area contributed by atoms with Gasteiger partial charge in [-0.15, -0.1) is 0 Å². The number of hydrogen-bond donors (Lipinski definition) is 3. The van der Waals surface area contributed by atoms with E-state index in [1.54, 1.807) is 11.3 Å². The van der Waals surface area contributed by atoms with Gasteiger partial charge in [-0.1, -0.05) is 13.8 Å². The van der Waals surface area contributed by atoms with Gasteiger partial charge in [0.25, 0.3) is 0 Å². The van der Waals surface area contributed by atoms with Crippen molar-refractivity contribution in [2.75, 3.05) is 6.54 Å². The van der Waals surface area contributed by atoms with E-state index in [0.717, 1.165) is 6.42 Å². The van der Waals surface area contributed by atoms with Crippen molar-refractivity contribution in [3.05, 3.63) is 22.4 Å². The lowest BCUT2D eigenvalue weighted by Gasteiger charge is -2.16. The highest BCUT2D eigenvalue weighted by Crippen LogP contribution is 2.08. The van der Waals surface area contributed by atoms with Crippen LogP contribution in [-0.2, 0) is 16.0 Å². The Morgan fingerprint density at radius 3 is 2.60 bits per heavy atom. The molecule has 4 N–H and O–H groups in total. The first-order valence-electron chi connectivity index (χ1n) is 6.74. The van der Waals surface area contributed by atoms with E-state index in [1.807, 2.05) is 32.2 Å². The lowest BCUT2D eigenvalue weighted by atomic mass is 10.1. The molecule has 0 fully saturated rings. The SMILES string of the molecule is CC(Cc1ccsc1)NC(=O)CNC(=O)[C@@H](N)C(C)C. The highest BCUT2D eigenvalue weighted by Gasteiger charge is 2.18. The Hall–Kier alpha value is -1.40. The molecule has 5 nitrogen and oxygen atoms in total. The summed E-state index contributed by atoms with van der Waals surface area (Å²) < 4.78 is 0. The lowest BCUT2D eigenvalue weighted by molar-refractivity contribution is -0.127. The molecule has 112 valence electrons. The highest BCUT2D eigenvalue weighted by atomic mass is 32.1. The first-order chi connectivity index (χ1) is 9.40. The van der Waals surface area contributed by atoms with Crippen molar-refractivity contribution in [1.82, 2.24) is 10.6 Å². The number of amides is 2. The molecule has 2 amide bonds. The van der Waals surface area contributed by atoms with Gasteiger partial charge >= 0.3 is 0 Å². The van der Waals surface area contributed by atoms with Crippen LogP contribution in [0.5, 0.6) is 0 Å². The molecule has 6 heteroatoms. The third-order valence-electron chi connectivity index (χ3n) is 2.97. The second-order valence-corrected chi connectivity index (χ2v) is 6.07. The average molecular weight is 297 g/mol. The summed E-state index contributed by atoms with van der Waals surface area (Å²) in [5.74, 6) is -0.437. The second kappa shape index (κ2) is 8.01. The van der Waals surface area contributed by atoms with E-state index < -0.39 is 6.04 Å². The highest BCUT2D eigenvalue weighted by molar-refractivity contribution is 7.07. The van der Waals surface area contributed by atoms with Crippen LogP contribution in [0.25, 0.3) is 0 Å². The van der Waals surface area contributed by atoms with Crippen molar-refractivity contribution in [2.24, 2.45) is 11.7 Å². The number of carbonyl (C=O) groups is 2. The summed E-state index contributed by atoms with van der Waals surface area (Å²) in [7, 11) is 0. The zero-order chi connectivity index (χ0) is 15.1. The summed E-state index contributed by atoms with van der Waals surface area (Å²) in [5.41, 5.74) is 6.90. The summed E-state index contributed by atoms with van der Waals surface area (Å²) in [4.78, 5) is 23.3. The number of carbonyl (C=O) groups excluding carboxylic acids is 2. The third-order valence-corrected chi connectivity index (χ3v) is 3.71. The molecule has 0 aliphatic carbocycles. The van der Waals surface area contributed by atoms with Gasteiger partial charge in [0, 0.05) is 6.04 Å². The van der Waals surface area contributed by atoms with Crippen LogP contribution in [0, 0.1) is 5.92 Å². The number of hydrogen-bond acceptors (Lipinski definition) is 4. The van der Waals surface area contributed by atoms with E-state index in [9.17, 15) is 9.59 Å². The molecule has 2 atom stereocenters. The van der Waals surface area contributed by atoms with Gasteiger partial charge in [0.2, 0.25) is 11.8 Å². The number of rotatable bonds is 7. The molecule has 0 spiro atoms. The molecule has 0 saturated carbocycles. The number of nitrogens with one attached hydrogen (secondary N) is 2. The fourth-order valence-corrected chi connectivity index (χ4v) is 2.41.